The molecule has 1 fully saturated rings. The number of amides is 1. The van der Waals surface area contributed by atoms with Crippen LogP contribution in [-0.2, 0) is 9.53 Å². The Hall–Kier alpha value is -1.26. The molecule has 0 saturated carbocycles. The number of carboxylic acids is 1. The van der Waals surface area contributed by atoms with E-state index in [1.165, 1.54) is 4.90 Å². The lowest BCUT2D eigenvalue weighted by Gasteiger charge is -2.33. The van der Waals surface area contributed by atoms with Crippen LogP contribution in [0, 0.1) is 11.3 Å². The molecule has 0 radical (unpaired) electrons. The standard InChI is InChI=1S/C14H25NO4/c1-13(2,3)9-7-8-15(10(9)11(16)17)12(18)19-14(4,5)6/h9-10H,7-8H2,1-6H3,(H,16,17)/t9-,10-/m0/s1. The van der Waals surface area contributed by atoms with Crippen LogP contribution in [-0.4, -0.2) is 40.3 Å². The highest BCUT2D eigenvalue weighted by molar-refractivity contribution is 5.81. The SMILES string of the molecule is CC(C)(C)OC(=O)N1CC[C@H](C(C)(C)C)[C@H]1C(=O)O. The Bertz CT molecular complexity index is 365. The van der Waals surface area contributed by atoms with E-state index in [-0.39, 0.29) is 11.3 Å². The molecular weight excluding hydrogens is 246 g/mol. The van der Waals surface area contributed by atoms with Crippen LogP contribution in [0.25, 0.3) is 0 Å². The number of ether oxygens (including phenoxy) is 1. The van der Waals surface area contributed by atoms with Crippen molar-refractivity contribution in [2.75, 3.05) is 6.54 Å². The number of nitrogens with zero attached hydrogens (tertiary/aromatic N) is 1. The lowest BCUT2D eigenvalue weighted by Crippen LogP contribution is -2.47. The molecule has 2 atom stereocenters. The van der Waals surface area contributed by atoms with Gasteiger partial charge in [-0.2, -0.15) is 0 Å². The zero-order valence-electron chi connectivity index (χ0n) is 12.7. The quantitative estimate of drug-likeness (QED) is 0.796. The van der Waals surface area contributed by atoms with Crippen LogP contribution >= 0.6 is 0 Å². The molecule has 0 aliphatic carbocycles. The summed E-state index contributed by atoms with van der Waals surface area (Å²) >= 11 is 0. The Kier molecular flexibility index (Phi) is 4.17. The third-order valence-corrected chi connectivity index (χ3v) is 3.39. The third-order valence-electron chi connectivity index (χ3n) is 3.39. The molecule has 1 aliphatic rings. The maximum absolute atomic E-state index is 12.1. The summed E-state index contributed by atoms with van der Waals surface area (Å²) in [6, 6.07) is -0.796. The fraction of sp³-hybridized carbons (Fsp3) is 0.857. The topological polar surface area (TPSA) is 66.8 Å². The van der Waals surface area contributed by atoms with Crippen LogP contribution in [0.3, 0.4) is 0 Å². The molecule has 5 heteroatoms. The fourth-order valence-electron chi connectivity index (χ4n) is 2.53. The van der Waals surface area contributed by atoms with Crippen LogP contribution in [0.5, 0.6) is 0 Å². The van der Waals surface area contributed by atoms with Gasteiger partial charge in [-0.3, -0.25) is 4.90 Å². The Labute approximate surface area is 114 Å². The highest BCUT2D eigenvalue weighted by Gasteiger charge is 2.47. The van der Waals surface area contributed by atoms with Gasteiger partial charge >= 0.3 is 12.1 Å². The first-order valence-electron chi connectivity index (χ1n) is 6.66. The average Bonchev–Trinajstić information content (AvgIpc) is 2.57. The molecule has 1 heterocycles. The second-order valence-electron chi connectivity index (χ2n) is 7.22. The van der Waals surface area contributed by atoms with Gasteiger partial charge in [0.15, 0.2) is 0 Å². The van der Waals surface area contributed by atoms with E-state index in [2.05, 4.69) is 0 Å². The largest absolute Gasteiger partial charge is 0.480 e. The molecule has 0 aromatic heterocycles. The number of carboxylic acid groups (broad SMARTS) is 1. The summed E-state index contributed by atoms with van der Waals surface area (Å²) in [5.74, 6) is -1.01. The molecule has 5 nitrogen and oxygen atoms in total. The van der Waals surface area contributed by atoms with Gasteiger partial charge in [-0.05, 0) is 38.5 Å². The smallest absolute Gasteiger partial charge is 0.411 e. The van der Waals surface area contributed by atoms with Crippen molar-refractivity contribution < 1.29 is 19.4 Å². The Morgan fingerprint density at radius 3 is 2.05 bits per heavy atom. The van der Waals surface area contributed by atoms with Crippen LogP contribution in [0.15, 0.2) is 0 Å². The van der Waals surface area contributed by atoms with Crippen LogP contribution in [0.1, 0.15) is 48.0 Å². The van der Waals surface area contributed by atoms with E-state index in [1.54, 1.807) is 20.8 Å². The number of rotatable bonds is 1. The Morgan fingerprint density at radius 1 is 1.16 bits per heavy atom. The number of carbonyl (C=O) groups excluding carboxylic acids is 1. The summed E-state index contributed by atoms with van der Waals surface area (Å²) in [5, 5.41) is 9.42. The molecule has 0 aromatic carbocycles. The Morgan fingerprint density at radius 2 is 1.68 bits per heavy atom. The minimum absolute atomic E-state index is 0.0579. The van der Waals surface area contributed by atoms with Crippen molar-refractivity contribution in [2.45, 2.75) is 59.6 Å². The second kappa shape index (κ2) is 5.02. The van der Waals surface area contributed by atoms with Gasteiger partial charge in [0, 0.05) is 6.54 Å². The van der Waals surface area contributed by atoms with Gasteiger partial charge in [0.25, 0.3) is 0 Å². The minimum Gasteiger partial charge on any atom is -0.480 e. The van der Waals surface area contributed by atoms with Crippen molar-refractivity contribution in [1.29, 1.82) is 0 Å². The normalized spacial score (nSPS) is 24.4. The lowest BCUT2D eigenvalue weighted by molar-refractivity contribution is -0.144. The second-order valence-corrected chi connectivity index (χ2v) is 7.22. The van der Waals surface area contributed by atoms with E-state index in [4.69, 9.17) is 4.74 Å². The lowest BCUT2D eigenvalue weighted by atomic mass is 9.76. The highest BCUT2D eigenvalue weighted by Crippen LogP contribution is 2.39. The van der Waals surface area contributed by atoms with Gasteiger partial charge in [0.05, 0.1) is 0 Å². The molecule has 1 rings (SSSR count). The van der Waals surface area contributed by atoms with Gasteiger partial charge in [0.2, 0.25) is 0 Å². The third kappa shape index (κ3) is 3.85. The predicted molar refractivity (Wildman–Crippen MR) is 71.9 cm³/mol. The van der Waals surface area contributed by atoms with Crippen LogP contribution in [0.2, 0.25) is 0 Å². The van der Waals surface area contributed by atoms with Gasteiger partial charge in [-0.15, -0.1) is 0 Å². The maximum atomic E-state index is 12.1. The first-order valence-corrected chi connectivity index (χ1v) is 6.66. The van der Waals surface area contributed by atoms with Crippen molar-refractivity contribution >= 4 is 12.1 Å². The van der Waals surface area contributed by atoms with Gasteiger partial charge in [0.1, 0.15) is 11.6 Å². The monoisotopic (exact) mass is 271 g/mol. The van der Waals surface area contributed by atoms with E-state index >= 15 is 0 Å². The molecule has 1 amide bonds. The van der Waals surface area contributed by atoms with E-state index in [9.17, 15) is 14.7 Å². The first kappa shape index (κ1) is 15.8. The molecule has 0 unspecified atom stereocenters. The predicted octanol–water partition coefficient (Wildman–Crippen LogP) is 2.74. The summed E-state index contributed by atoms with van der Waals surface area (Å²) in [6.45, 7) is 11.8. The maximum Gasteiger partial charge on any atom is 0.411 e. The van der Waals surface area contributed by atoms with Crippen molar-refractivity contribution in [3.63, 3.8) is 0 Å². The summed E-state index contributed by atoms with van der Waals surface area (Å²) in [4.78, 5) is 24.9. The summed E-state index contributed by atoms with van der Waals surface area (Å²) in [5.41, 5.74) is -0.764. The van der Waals surface area contributed by atoms with E-state index in [1.807, 2.05) is 20.8 Å². The first-order chi connectivity index (χ1) is 8.43. The number of hydrogen-bond acceptors (Lipinski definition) is 3. The molecule has 1 N–H and O–H groups in total. The summed E-state index contributed by atoms with van der Waals surface area (Å²) in [7, 11) is 0. The van der Waals surface area contributed by atoms with Gasteiger partial charge in [-0.1, -0.05) is 20.8 Å². The van der Waals surface area contributed by atoms with Crippen LogP contribution < -0.4 is 0 Å². The molecule has 0 bridgehead atoms. The average molecular weight is 271 g/mol. The van der Waals surface area contributed by atoms with Crippen LogP contribution in [0.4, 0.5) is 4.79 Å². The van der Waals surface area contributed by atoms with Crippen molar-refractivity contribution in [3.05, 3.63) is 0 Å². The molecule has 110 valence electrons. The number of carbonyl (C=O) groups is 2. The van der Waals surface area contributed by atoms with E-state index in [0.717, 1.165) is 0 Å². The molecule has 0 aromatic rings. The molecular formula is C14H25NO4. The van der Waals surface area contributed by atoms with Gasteiger partial charge < -0.3 is 9.84 Å². The highest BCUT2D eigenvalue weighted by atomic mass is 16.6. The number of hydrogen-bond donors (Lipinski definition) is 1. The molecule has 19 heavy (non-hydrogen) atoms. The van der Waals surface area contributed by atoms with Crippen molar-refractivity contribution in [2.24, 2.45) is 11.3 Å². The zero-order chi connectivity index (χ0) is 15.0. The number of likely N-dealkylation sites (tertiary alicyclic amines) is 1. The van der Waals surface area contributed by atoms with Crippen molar-refractivity contribution in [1.82, 2.24) is 4.90 Å². The van der Waals surface area contributed by atoms with Gasteiger partial charge in [-0.25, -0.2) is 9.59 Å². The fourth-order valence-corrected chi connectivity index (χ4v) is 2.53. The number of aliphatic carboxylic acids is 1. The van der Waals surface area contributed by atoms with Crippen molar-refractivity contribution in [3.8, 4) is 0 Å². The minimum atomic E-state index is -0.955. The molecule has 1 aliphatic heterocycles. The van der Waals surface area contributed by atoms with E-state index < -0.39 is 23.7 Å². The Balaban J connectivity index is 2.91. The zero-order valence-corrected chi connectivity index (χ0v) is 12.7. The summed E-state index contributed by atoms with van der Waals surface area (Å²) in [6.07, 6.45) is 0.159. The van der Waals surface area contributed by atoms with E-state index in [0.29, 0.717) is 13.0 Å². The molecule has 0 spiro atoms. The summed E-state index contributed by atoms with van der Waals surface area (Å²) < 4.78 is 5.29. The molecule has 1 saturated heterocycles.